The lowest BCUT2D eigenvalue weighted by atomic mass is 10.2. The molecule has 0 fully saturated rings. The van der Waals surface area contributed by atoms with Gasteiger partial charge in [0.2, 0.25) is 0 Å². The van der Waals surface area contributed by atoms with Gasteiger partial charge >= 0.3 is 11.8 Å². The molecule has 1 aromatic carbocycles. The largest absolute Gasteiger partial charge is 0.468 e. The van der Waals surface area contributed by atoms with Crippen molar-refractivity contribution in [1.82, 2.24) is 15.6 Å². The van der Waals surface area contributed by atoms with Gasteiger partial charge in [-0.1, -0.05) is 17.7 Å². The molecular weight excluding hydrogens is 406 g/mol. The number of carbonyl (C=O) groups excluding carboxylic acids is 2. The highest BCUT2D eigenvalue weighted by atomic mass is 32.2. The Morgan fingerprint density at radius 1 is 1.00 bits per heavy atom. The molecule has 0 saturated heterocycles. The van der Waals surface area contributed by atoms with Gasteiger partial charge in [0.25, 0.3) is 0 Å². The summed E-state index contributed by atoms with van der Waals surface area (Å²) < 4.78 is 31.5. The van der Waals surface area contributed by atoms with Crippen LogP contribution in [-0.4, -0.2) is 31.8 Å². The van der Waals surface area contributed by atoms with Gasteiger partial charge in [-0.3, -0.25) is 14.6 Å². The molecular formula is C21H21N3O5S. The standard InChI is InChI=1S/C21H21N3O5S/c1-15-4-6-17(7-5-15)30(27,28)19(18-3-2-12-29-18)14-24-21(26)20(25)23-13-16-8-10-22-11-9-16/h2-12,19H,13-14H2,1H3,(H,23,25)(H,24,26)/t19-/m0/s1. The molecule has 0 bridgehead atoms. The Hall–Kier alpha value is -3.46. The van der Waals surface area contributed by atoms with E-state index in [-0.39, 0.29) is 23.7 Å². The van der Waals surface area contributed by atoms with Crippen LogP contribution >= 0.6 is 0 Å². The van der Waals surface area contributed by atoms with E-state index in [1.807, 2.05) is 6.92 Å². The van der Waals surface area contributed by atoms with E-state index in [2.05, 4.69) is 15.6 Å². The van der Waals surface area contributed by atoms with Crippen LogP contribution in [0.3, 0.4) is 0 Å². The predicted octanol–water partition coefficient (Wildman–Crippen LogP) is 1.93. The molecule has 1 atom stereocenters. The summed E-state index contributed by atoms with van der Waals surface area (Å²) in [7, 11) is -3.86. The van der Waals surface area contributed by atoms with Gasteiger partial charge in [0.15, 0.2) is 9.84 Å². The van der Waals surface area contributed by atoms with E-state index in [4.69, 9.17) is 4.42 Å². The van der Waals surface area contributed by atoms with Crippen molar-refractivity contribution >= 4 is 21.7 Å². The third kappa shape index (κ3) is 5.12. The zero-order chi connectivity index (χ0) is 21.6. The first-order valence-corrected chi connectivity index (χ1v) is 10.7. The number of furan rings is 1. The first kappa shape index (κ1) is 21.3. The number of carbonyl (C=O) groups is 2. The van der Waals surface area contributed by atoms with E-state index in [0.717, 1.165) is 11.1 Å². The zero-order valence-electron chi connectivity index (χ0n) is 16.2. The van der Waals surface area contributed by atoms with E-state index in [9.17, 15) is 18.0 Å². The quantitative estimate of drug-likeness (QED) is 0.556. The molecule has 2 aromatic heterocycles. The minimum Gasteiger partial charge on any atom is -0.468 e. The zero-order valence-corrected chi connectivity index (χ0v) is 17.1. The van der Waals surface area contributed by atoms with Crippen LogP contribution < -0.4 is 10.6 Å². The highest BCUT2D eigenvalue weighted by Gasteiger charge is 2.32. The Kier molecular flexibility index (Phi) is 6.63. The molecule has 2 heterocycles. The van der Waals surface area contributed by atoms with Gasteiger partial charge in [-0.2, -0.15) is 0 Å². The van der Waals surface area contributed by atoms with Crippen LogP contribution in [0, 0.1) is 6.92 Å². The van der Waals surface area contributed by atoms with Crippen LogP contribution in [-0.2, 0) is 26.0 Å². The fourth-order valence-corrected chi connectivity index (χ4v) is 4.35. The monoisotopic (exact) mass is 427 g/mol. The fourth-order valence-electron chi connectivity index (χ4n) is 2.76. The van der Waals surface area contributed by atoms with Gasteiger partial charge in [0.05, 0.1) is 11.2 Å². The number of rotatable bonds is 7. The van der Waals surface area contributed by atoms with Crippen LogP contribution in [0.4, 0.5) is 0 Å². The van der Waals surface area contributed by atoms with Crippen molar-refractivity contribution in [2.45, 2.75) is 23.6 Å². The van der Waals surface area contributed by atoms with Gasteiger partial charge in [0.1, 0.15) is 11.0 Å². The molecule has 3 rings (SSSR count). The Balaban J connectivity index is 1.69. The molecule has 0 aliphatic rings. The summed E-state index contributed by atoms with van der Waals surface area (Å²) in [6.07, 6.45) is 4.51. The van der Waals surface area contributed by atoms with Crippen LogP contribution in [0.5, 0.6) is 0 Å². The van der Waals surface area contributed by atoms with Crippen molar-refractivity contribution in [3.63, 3.8) is 0 Å². The van der Waals surface area contributed by atoms with E-state index >= 15 is 0 Å². The van der Waals surface area contributed by atoms with Gasteiger partial charge in [-0.15, -0.1) is 0 Å². The molecule has 0 saturated carbocycles. The number of nitrogens with one attached hydrogen (secondary N) is 2. The Labute approximate surface area is 174 Å². The summed E-state index contributed by atoms with van der Waals surface area (Å²) in [5, 5.41) is 3.70. The second-order valence-corrected chi connectivity index (χ2v) is 8.74. The highest BCUT2D eigenvalue weighted by Crippen LogP contribution is 2.29. The van der Waals surface area contributed by atoms with Crippen molar-refractivity contribution < 1.29 is 22.4 Å². The Bertz CT molecular complexity index is 1100. The van der Waals surface area contributed by atoms with Gasteiger partial charge < -0.3 is 15.1 Å². The lowest BCUT2D eigenvalue weighted by molar-refractivity contribution is -0.139. The SMILES string of the molecule is Cc1ccc(S(=O)(=O)[C@@H](CNC(=O)C(=O)NCc2ccncc2)c2ccco2)cc1. The number of aromatic nitrogens is 1. The topological polar surface area (TPSA) is 118 Å². The minimum atomic E-state index is -3.86. The molecule has 30 heavy (non-hydrogen) atoms. The number of pyridine rings is 1. The van der Waals surface area contributed by atoms with Crippen molar-refractivity contribution in [2.24, 2.45) is 0 Å². The normalized spacial score (nSPS) is 12.2. The van der Waals surface area contributed by atoms with Gasteiger partial charge in [0, 0.05) is 25.5 Å². The number of benzene rings is 1. The lowest BCUT2D eigenvalue weighted by Crippen LogP contribution is -2.42. The Morgan fingerprint density at radius 2 is 1.67 bits per heavy atom. The van der Waals surface area contributed by atoms with Crippen molar-refractivity contribution in [3.8, 4) is 0 Å². The van der Waals surface area contributed by atoms with E-state index in [1.54, 1.807) is 42.7 Å². The van der Waals surface area contributed by atoms with Crippen molar-refractivity contribution in [3.05, 3.63) is 84.1 Å². The van der Waals surface area contributed by atoms with E-state index in [1.165, 1.54) is 24.5 Å². The molecule has 156 valence electrons. The van der Waals surface area contributed by atoms with Crippen LogP contribution in [0.2, 0.25) is 0 Å². The van der Waals surface area contributed by atoms with Crippen LogP contribution in [0.15, 0.2) is 76.5 Å². The smallest absolute Gasteiger partial charge is 0.309 e. The lowest BCUT2D eigenvalue weighted by Gasteiger charge is -2.17. The maximum atomic E-state index is 13.1. The molecule has 2 N–H and O–H groups in total. The fraction of sp³-hybridized carbons (Fsp3) is 0.190. The molecule has 3 aromatic rings. The predicted molar refractivity (Wildman–Crippen MR) is 109 cm³/mol. The second kappa shape index (κ2) is 9.36. The van der Waals surface area contributed by atoms with Crippen molar-refractivity contribution in [1.29, 1.82) is 0 Å². The third-order valence-corrected chi connectivity index (χ3v) is 6.52. The molecule has 0 spiro atoms. The average molecular weight is 427 g/mol. The third-order valence-electron chi connectivity index (χ3n) is 4.44. The summed E-state index contributed by atoms with van der Waals surface area (Å²) in [5.41, 5.74) is 1.70. The first-order valence-electron chi connectivity index (χ1n) is 9.17. The summed E-state index contributed by atoms with van der Waals surface area (Å²) in [4.78, 5) is 28.2. The van der Waals surface area contributed by atoms with Gasteiger partial charge in [-0.05, 0) is 48.9 Å². The second-order valence-electron chi connectivity index (χ2n) is 6.61. The number of nitrogens with zero attached hydrogens (tertiary/aromatic N) is 1. The minimum absolute atomic E-state index is 0.103. The summed E-state index contributed by atoms with van der Waals surface area (Å²) in [6.45, 7) is 1.69. The van der Waals surface area contributed by atoms with E-state index in [0.29, 0.717) is 0 Å². The molecule has 0 aliphatic carbocycles. The molecule has 0 unspecified atom stereocenters. The average Bonchev–Trinajstić information content (AvgIpc) is 3.27. The number of hydrogen-bond acceptors (Lipinski definition) is 6. The maximum absolute atomic E-state index is 13.1. The number of amides is 2. The highest BCUT2D eigenvalue weighted by molar-refractivity contribution is 7.91. The molecule has 0 aliphatic heterocycles. The van der Waals surface area contributed by atoms with Crippen molar-refractivity contribution in [2.75, 3.05) is 6.54 Å². The molecule has 2 amide bonds. The first-order chi connectivity index (χ1) is 14.4. The number of aryl methyl sites for hydroxylation is 1. The number of hydrogen-bond donors (Lipinski definition) is 2. The maximum Gasteiger partial charge on any atom is 0.309 e. The number of sulfone groups is 1. The van der Waals surface area contributed by atoms with Crippen LogP contribution in [0.25, 0.3) is 0 Å². The Morgan fingerprint density at radius 3 is 2.30 bits per heavy atom. The summed E-state index contributed by atoms with van der Waals surface area (Å²) >= 11 is 0. The van der Waals surface area contributed by atoms with Gasteiger partial charge in [-0.25, -0.2) is 8.42 Å². The summed E-state index contributed by atoms with van der Waals surface area (Å²) in [6, 6.07) is 12.9. The van der Waals surface area contributed by atoms with Crippen LogP contribution in [0.1, 0.15) is 22.1 Å². The van der Waals surface area contributed by atoms with E-state index < -0.39 is 26.9 Å². The molecule has 9 heteroatoms. The molecule has 0 radical (unpaired) electrons. The summed E-state index contributed by atoms with van der Waals surface area (Å²) in [5.74, 6) is -1.62. The molecule has 8 nitrogen and oxygen atoms in total.